The normalized spacial score (nSPS) is 11.8. The molecule has 3 heterocycles. The van der Waals surface area contributed by atoms with E-state index in [9.17, 15) is 9.18 Å². The van der Waals surface area contributed by atoms with Crippen molar-refractivity contribution in [2.75, 3.05) is 0 Å². The molecule has 0 unspecified atom stereocenters. The monoisotopic (exact) mass is 476 g/mol. The summed E-state index contributed by atoms with van der Waals surface area (Å²) >= 11 is 0. The molecule has 6 aromatic rings. The molecule has 176 valence electrons. The molecule has 0 aliphatic heterocycles. The van der Waals surface area contributed by atoms with Gasteiger partial charge in [0.2, 0.25) is 0 Å². The van der Waals surface area contributed by atoms with E-state index in [0.29, 0.717) is 57.6 Å². The van der Waals surface area contributed by atoms with Crippen LogP contribution >= 0.6 is 0 Å². The first-order chi connectivity index (χ1) is 17.6. The molecule has 0 fully saturated rings. The van der Waals surface area contributed by atoms with Crippen molar-refractivity contribution >= 4 is 39.4 Å². The van der Waals surface area contributed by atoms with Crippen molar-refractivity contribution < 1.29 is 4.39 Å². The van der Waals surface area contributed by atoms with Crippen molar-refractivity contribution in [1.29, 1.82) is 0 Å². The van der Waals surface area contributed by atoms with Crippen LogP contribution in [-0.4, -0.2) is 30.4 Å². The van der Waals surface area contributed by atoms with Gasteiger partial charge < -0.3 is 0 Å². The van der Waals surface area contributed by atoms with Crippen molar-refractivity contribution in [3.8, 4) is 0 Å². The van der Waals surface area contributed by atoms with E-state index in [1.807, 2.05) is 61.5 Å². The van der Waals surface area contributed by atoms with Gasteiger partial charge in [0.1, 0.15) is 22.5 Å². The first kappa shape index (κ1) is 21.8. The number of aryl methyl sites for hydroxylation is 2. The highest BCUT2D eigenvalue weighted by Crippen LogP contribution is 2.25. The van der Waals surface area contributed by atoms with Gasteiger partial charge >= 0.3 is 0 Å². The van der Waals surface area contributed by atoms with E-state index in [4.69, 9.17) is 15.0 Å². The van der Waals surface area contributed by atoms with Crippen molar-refractivity contribution in [1.82, 2.24) is 24.2 Å². The maximum absolute atomic E-state index is 13.8. The molecule has 0 amide bonds. The third-order valence-corrected chi connectivity index (χ3v) is 6.19. The van der Waals surface area contributed by atoms with Gasteiger partial charge in [-0.2, -0.15) is 9.78 Å². The van der Waals surface area contributed by atoms with Gasteiger partial charge in [-0.1, -0.05) is 54.6 Å². The minimum atomic E-state index is -0.324. The second-order valence-corrected chi connectivity index (χ2v) is 8.54. The average Bonchev–Trinajstić information content (AvgIpc) is 3.19. The van der Waals surface area contributed by atoms with E-state index in [2.05, 4.69) is 5.10 Å². The minimum absolute atomic E-state index is 0.182. The van der Waals surface area contributed by atoms with Crippen molar-refractivity contribution in [2.24, 2.45) is 5.10 Å². The van der Waals surface area contributed by atoms with Gasteiger partial charge in [0.15, 0.2) is 11.3 Å². The highest BCUT2D eigenvalue weighted by atomic mass is 19.1. The maximum Gasteiger partial charge on any atom is 0.265 e. The summed E-state index contributed by atoms with van der Waals surface area (Å²) in [5.74, 6) is 0.253. The molecule has 8 heteroatoms. The summed E-state index contributed by atoms with van der Waals surface area (Å²) in [7, 11) is 0. The second-order valence-electron chi connectivity index (χ2n) is 8.54. The third kappa shape index (κ3) is 3.82. The Bertz CT molecular complexity index is 1820. The standard InChI is InChI=1S/C28H21FN6O/c1-18-31-26-24(28(36)34(18)16-15-19-7-3-2-4-8-19)25-27(33-23-10-6-5-9-22(23)32-25)35(26)30-17-20-11-13-21(29)14-12-20/h2-14,17H,15-16H2,1H3. The molecule has 0 aliphatic carbocycles. The topological polar surface area (TPSA) is 78.0 Å². The molecule has 36 heavy (non-hydrogen) atoms. The Labute approximate surface area is 205 Å². The molecule has 0 atom stereocenters. The number of benzene rings is 3. The smallest absolute Gasteiger partial charge is 0.265 e. The number of fused-ring (bicyclic) bond motifs is 4. The van der Waals surface area contributed by atoms with Crippen LogP contribution in [0.1, 0.15) is 17.0 Å². The molecule has 3 aromatic heterocycles. The van der Waals surface area contributed by atoms with E-state index >= 15 is 0 Å². The van der Waals surface area contributed by atoms with Crippen LogP contribution in [0.3, 0.4) is 0 Å². The summed E-state index contributed by atoms with van der Waals surface area (Å²) in [6.45, 7) is 2.30. The zero-order chi connectivity index (χ0) is 24.6. The number of nitrogens with zero attached hydrogens (tertiary/aromatic N) is 6. The summed E-state index contributed by atoms with van der Waals surface area (Å²) in [6.07, 6.45) is 2.29. The van der Waals surface area contributed by atoms with Crippen molar-refractivity contribution in [3.63, 3.8) is 0 Å². The quantitative estimate of drug-likeness (QED) is 0.333. The Morgan fingerprint density at radius 3 is 2.31 bits per heavy atom. The van der Waals surface area contributed by atoms with E-state index in [1.54, 1.807) is 27.6 Å². The van der Waals surface area contributed by atoms with Crippen LogP contribution < -0.4 is 5.56 Å². The summed E-state index contributed by atoms with van der Waals surface area (Å²) in [6, 6.07) is 23.5. The fourth-order valence-corrected chi connectivity index (χ4v) is 4.35. The molecule has 3 aromatic carbocycles. The Morgan fingerprint density at radius 2 is 1.56 bits per heavy atom. The second kappa shape index (κ2) is 8.81. The molecule has 0 saturated heterocycles. The van der Waals surface area contributed by atoms with Gasteiger partial charge in [0, 0.05) is 6.54 Å². The van der Waals surface area contributed by atoms with E-state index in [-0.39, 0.29) is 11.4 Å². The Morgan fingerprint density at radius 1 is 0.861 bits per heavy atom. The highest BCUT2D eigenvalue weighted by molar-refractivity contribution is 6.05. The van der Waals surface area contributed by atoms with Crippen molar-refractivity contribution in [3.05, 3.63) is 112 Å². The number of halogens is 1. The molecular weight excluding hydrogens is 455 g/mol. The van der Waals surface area contributed by atoms with E-state index in [0.717, 1.165) is 5.56 Å². The van der Waals surface area contributed by atoms with Gasteiger partial charge in [-0.3, -0.25) is 9.36 Å². The summed E-state index contributed by atoms with van der Waals surface area (Å²) < 4.78 is 16.6. The fraction of sp³-hybridized carbons (Fsp3) is 0.107. The Kier molecular flexibility index (Phi) is 5.33. The summed E-state index contributed by atoms with van der Waals surface area (Å²) in [4.78, 5) is 28.1. The van der Waals surface area contributed by atoms with Gasteiger partial charge in [-0.15, -0.1) is 0 Å². The van der Waals surface area contributed by atoms with Crippen LogP contribution in [0.25, 0.3) is 33.2 Å². The van der Waals surface area contributed by atoms with Gasteiger partial charge in [0.25, 0.3) is 5.56 Å². The molecule has 0 radical (unpaired) electrons. The molecule has 0 spiro atoms. The molecule has 0 bridgehead atoms. The number of aromatic nitrogens is 5. The lowest BCUT2D eigenvalue weighted by molar-refractivity contribution is 0.628. The van der Waals surface area contributed by atoms with Gasteiger partial charge in [-0.25, -0.2) is 19.3 Å². The Hall–Kier alpha value is -4.72. The highest BCUT2D eigenvalue weighted by Gasteiger charge is 2.21. The van der Waals surface area contributed by atoms with Crippen molar-refractivity contribution in [2.45, 2.75) is 19.9 Å². The molecular formula is C28H21FN6O. The predicted octanol–water partition coefficient (Wildman–Crippen LogP) is 4.87. The third-order valence-electron chi connectivity index (χ3n) is 6.19. The number of hydrogen-bond acceptors (Lipinski definition) is 5. The number of para-hydroxylation sites is 2. The van der Waals surface area contributed by atoms with Gasteiger partial charge in [-0.05, 0) is 48.7 Å². The molecule has 7 nitrogen and oxygen atoms in total. The van der Waals surface area contributed by atoms with E-state index < -0.39 is 0 Å². The lowest BCUT2D eigenvalue weighted by Gasteiger charge is -2.10. The van der Waals surface area contributed by atoms with Crippen LogP contribution in [-0.2, 0) is 13.0 Å². The predicted molar refractivity (Wildman–Crippen MR) is 139 cm³/mol. The zero-order valence-electron chi connectivity index (χ0n) is 19.5. The first-order valence-corrected chi connectivity index (χ1v) is 11.6. The van der Waals surface area contributed by atoms with Crippen LogP contribution in [0.4, 0.5) is 4.39 Å². The largest absolute Gasteiger partial charge is 0.296 e. The molecule has 0 N–H and O–H groups in total. The van der Waals surface area contributed by atoms with Crippen LogP contribution in [0.2, 0.25) is 0 Å². The Balaban J connectivity index is 1.57. The van der Waals surface area contributed by atoms with Crippen LogP contribution in [0.5, 0.6) is 0 Å². The lowest BCUT2D eigenvalue weighted by Crippen LogP contribution is -2.25. The SMILES string of the molecule is Cc1nc2c(c(=O)n1CCc1ccccc1)c1nc3ccccc3nc1n2N=Cc1ccc(F)cc1. The average molecular weight is 477 g/mol. The lowest BCUT2D eigenvalue weighted by atomic mass is 10.1. The first-order valence-electron chi connectivity index (χ1n) is 11.6. The number of rotatable bonds is 5. The molecule has 6 rings (SSSR count). The molecule has 0 aliphatic rings. The summed E-state index contributed by atoms with van der Waals surface area (Å²) in [5.41, 5.74) is 4.30. The van der Waals surface area contributed by atoms with Crippen LogP contribution in [0.15, 0.2) is 88.8 Å². The maximum atomic E-state index is 13.8. The minimum Gasteiger partial charge on any atom is -0.296 e. The summed E-state index contributed by atoms with van der Waals surface area (Å²) in [5, 5.41) is 4.96. The number of hydrogen-bond donors (Lipinski definition) is 0. The van der Waals surface area contributed by atoms with Crippen LogP contribution in [0, 0.1) is 12.7 Å². The fourth-order valence-electron chi connectivity index (χ4n) is 4.35. The zero-order valence-corrected chi connectivity index (χ0v) is 19.5. The molecule has 0 saturated carbocycles. The van der Waals surface area contributed by atoms with Gasteiger partial charge in [0.05, 0.1) is 17.2 Å². The van der Waals surface area contributed by atoms with E-state index in [1.165, 1.54) is 12.1 Å².